The zero-order valence-corrected chi connectivity index (χ0v) is 12.6. The Labute approximate surface area is 118 Å². The number of piperazine rings is 1. The molecule has 8 nitrogen and oxygen atoms in total. The Morgan fingerprint density at radius 3 is 2.25 bits per heavy atom. The lowest BCUT2D eigenvalue weighted by molar-refractivity contribution is 0.349. The molecular formula is C11H18N4O4S. The molecule has 1 aromatic rings. The van der Waals surface area contributed by atoms with Gasteiger partial charge < -0.3 is 14.4 Å². The molecule has 0 saturated carbocycles. The van der Waals surface area contributed by atoms with Gasteiger partial charge in [-0.2, -0.15) is 14.3 Å². The van der Waals surface area contributed by atoms with Gasteiger partial charge in [0, 0.05) is 32.2 Å². The van der Waals surface area contributed by atoms with Crippen molar-refractivity contribution in [2.75, 3.05) is 51.6 Å². The van der Waals surface area contributed by atoms with Gasteiger partial charge in [-0.05, 0) is 0 Å². The van der Waals surface area contributed by atoms with E-state index < -0.39 is 10.0 Å². The number of methoxy groups -OCH3 is 2. The second kappa shape index (κ2) is 5.80. The van der Waals surface area contributed by atoms with Crippen LogP contribution in [0.5, 0.6) is 11.9 Å². The highest BCUT2D eigenvalue weighted by atomic mass is 32.2. The van der Waals surface area contributed by atoms with Crippen molar-refractivity contribution >= 4 is 15.8 Å². The van der Waals surface area contributed by atoms with Crippen LogP contribution in [0.1, 0.15) is 0 Å². The Kier molecular flexibility index (Phi) is 4.29. The van der Waals surface area contributed by atoms with E-state index in [1.54, 1.807) is 6.07 Å². The fraction of sp³-hybridized carbons (Fsp3) is 0.636. The largest absolute Gasteiger partial charge is 0.481 e. The third kappa shape index (κ3) is 3.28. The highest BCUT2D eigenvalue weighted by Crippen LogP contribution is 2.22. The van der Waals surface area contributed by atoms with Crippen molar-refractivity contribution < 1.29 is 17.9 Å². The molecule has 112 valence electrons. The molecule has 1 aliphatic rings. The van der Waals surface area contributed by atoms with Crippen LogP contribution in [0.2, 0.25) is 0 Å². The van der Waals surface area contributed by atoms with Crippen LogP contribution >= 0.6 is 0 Å². The molecule has 0 bridgehead atoms. The fourth-order valence-electron chi connectivity index (χ4n) is 2.00. The smallest absolute Gasteiger partial charge is 0.321 e. The molecule has 1 aromatic heterocycles. The molecule has 0 atom stereocenters. The maximum absolute atomic E-state index is 11.5. The van der Waals surface area contributed by atoms with Gasteiger partial charge in [0.1, 0.15) is 5.82 Å². The summed E-state index contributed by atoms with van der Waals surface area (Å²) in [6, 6.07) is 1.93. The summed E-state index contributed by atoms with van der Waals surface area (Å²) in [5.74, 6) is 1.08. The van der Waals surface area contributed by atoms with Crippen LogP contribution in [-0.2, 0) is 10.0 Å². The van der Waals surface area contributed by atoms with Crippen LogP contribution in [0.25, 0.3) is 0 Å². The second-order valence-electron chi connectivity index (χ2n) is 4.40. The van der Waals surface area contributed by atoms with Gasteiger partial charge in [0.15, 0.2) is 0 Å². The molecule has 0 aromatic carbocycles. The van der Waals surface area contributed by atoms with Crippen molar-refractivity contribution in [2.45, 2.75) is 0 Å². The minimum Gasteiger partial charge on any atom is -0.481 e. The molecule has 0 spiro atoms. The van der Waals surface area contributed by atoms with Crippen LogP contribution < -0.4 is 14.4 Å². The van der Waals surface area contributed by atoms with Gasteiger partial charge in [0.2, 0.25) is 15.9 Å². The van der Waals surface area contributed by atoms with Crippen molar-refractivity contribution in [3.05, 3.63) is 6.07 Å². The second-order valence-corrected chi connectivity index (χ2v) is 6.39. The Balaban J connectivity index is 2.14. The van der Waals surface area contributed by atoms with Crippen molar-refractivity contribution in [3.63, 3.8) is 0 Å². The van der Waals surface area contributed by atoms with Gasteiger partial charge >= 0.3 is 6.01 Å². The number of aromatic nitrogens is 2. The summed E-state index contributed by atoms with van der Waals surface area (Å²) in [6.07, 6.45) is 1.22. The molecule has 0 amide bonds. The summed E-state index contributed by atoms with van der Waals surface area (Å²) in [5.41, 5.74) is 0. The monoisotopic (exact) mass is 302 g/mol. The Morgan fingerprint density at radius 2 is 1.75 bits per heavy atom. The molecule has 2 heterocycles. The molecule has 0 unspecified atom stereocenters. The zero-order valence-electron chi connectivity index (χ0n) is 11.7. The van der Waals surface area contributed by atoms with Gasteiger partial charge in [-0.3, -0.25) is 0 Å². The minimum atomic E-state index is -3.13. The van der Waals surface area contributed by atoms with E-state index in [0.717, 1.165) is 0 Å². The summed E-state index contributed by atoms with van der Waals surface area (Å²) in [4.78, 5) is 10.3. The SMILES string of the molecule is COc1cc(N2CCN(S(C)(=O)=O)CC2)nc(OC)n1. The van der Waals surface area contributed by atoms with Gasteiger partial charge in [0.05, 0.1) is 20.5 Å². The molecule has 0 N–H and O–H groups in total. The number of nitrogens with zero attached hydrogens (tertiary/aromatic N) is 4. The van der Waals surface area contributed by atoms with Gasteiger partial charge in [0.25, 0.3) is 0 Å². The molecular weight excluding hydrogens is 284 g/mol. The van der Waals surface area contributed by atoms with Crippen molar-refractivity contribution in [2.24, 2.45) is 0 Å². The number of rotatable bonds is 4. The van der Waals surface area contributed by atoms with Gasteiger partial charge in [-0.1, -0.05) is 0 Å². The molecule has 2 rings (SSSR count). The average molecular weight is 302 g/mol. The lowest BCUT2D eigenvalue weighted by atomic mass is 10.3. The van der Waals surface area contributed by atoms with Crippen molar-refractivity contribution in [1.82, 2.24) is 14.3 Å². The minimum absolute atomic E-state index is 0.227. The molecule has 0 radical (unpaired) electrons. The van der Waals surface area contributed by atoms with E-state index in [4.69, 9.17) is 9.47 Å². The molecule has 9 heteroatoms. The lowest BCUT2D eigenvalue weighted by Crippen LogP contribution is -2.48. The Morgan fingerprint density at radius 1 is 1.10 bits per heavy atom. The van der Waals surface area contributed by atoms with Crippen LogP contribution in [-0.4, -0.2) is 69.3 Å². The summed E-state index contributed by atoms with van der Waals surface area (Å²) in [5, 5.41) is 0. The highest BCUT2D eigenvalue weighted by Gasteiger charge is 2.24. The van der Waals surface area contributed by atoms with E-state index in [1.165, 1.54) is 24.8 Å². The van der Waals surface area contributed by atoms with Crippen LogP contribution in [0.15, 0.2) is 6.07 Å². The van der Waals surface area contributed by atoms with E-state index in [2.05, 4.69) is 9.97 Å². The molecule has 1 saturated heterocycles. The summed E-state index contributed by atoms with van der Waals surface area (Å²) < 4.78 is 34.5. The van der Waals surface area contributed by atoms with E-state index >= 15 is 0 Å². The van der Waals surface area contributed by atoms with Crippen LogP contribution in [0.4, 0.5) is 5.82 Å². The van der Waals surface area contributed by atoms with Crippen LogP contribution in [0.3, 0.4) is 0 Å². The van der Waals surface area contributed by atoms with Gasteiger partial charge in [-0.15, -0.1) is 0 Å². The summed E-state index contributed by atoms with van der Waals surface area (Å²) >= 11 is 0. The van der Waals surface area contributed by atoms with E-state index in [0.29, 0.717) is 37.9 Å². The maximum atomic E-state index is 11.5. The molecule has 20 heavy (non-hydrogen) atoms. The predicted molar refractivity (Wildman–Crippen MR) is 73.8 cm³/mol. The topological polar surface area (TPSA) is 84.9 Å². The normalized spacial score (nSPS) is 17.1. The predicted octanol–water partition coefficient (Wildman–Crippen LogP) is -0.425. The van der Waals surface area contributed by atoms with E-state index in [9.17, 15) is 8.42 Å². The standard InChI is InChI=1S/C11H18N4O4S/c1-18-10-8-9(12-11(13-10)19-2)14-4-6-15(7-5-14)20(3,16)17/h8H,4-7H2,1-3H3. The summed E-state index contributed by atoms with van der Waals surface area (Å²) in [6.45, 7) is 2.01. The quantitative estimate of drug-likeness (QED) is 0.746. The number of ether oxygens (including phenoxy) is 2. The Hall–Kier alpha value is -1.61. The first kappa shape index (κ1) is 14.8. The number of hydrogen-bond donors (Lipinski definition) is 0. The van der Waals surface area contributed by atoms with Crippen LogP contribution in [0, 0.1) is 0 Å². The third-order valence-corrected chi connectivity index (χ3v) is 4.40. The first-order chi connectivity index (χ1) is 9.44. The molecule has 0 aliphatic carbocycles. The van der Waals surface area contributed by atoms with Crippen molar-refractivity contribution in [3.8, 4) is 11.9 Å². The number of sulfonamides is 1. The number of anilines is 1. The maximum Gasteiger partial charge on any atom is 0.321 e. The van der Waals surface area contributed by atoms with Gasteiger partial charge in [-0.25, -0.2) is 8.42 Å². The third-order valence-electron chi connectivity index (χ3n) is 3.09. The van der Waals surface area contributed by atoms with E-state index in [1.807, 2.05) is 4.90 Å². The molecule has 1 aliphatic heterocycles. The first-order valence-electron chi connectivity index (χ1n) is 6.11. The molecule has 1 fully saturated rings. The zero-order chi connectivity index (χ0) is 14.8. The van der Waals surface area contributed by atoms with Crippen molar-refractivity contribution in [1.29, 1.82) is 0 Å². The summed E-state index contributed by atoms with van der Waals surface area (Å²) in [7, 11) is -0.125. The van der Waals surface area contributed by atoms with E-state index in [-0.39, 0.29) is 6.01 Å². The fourth-order valence-corrected chi connectivity index (χ4v) is 2.83. The highest BCUT2D eigenvalue weighted by molar-refractivity contribution is 7.88. The Bertz CT molecular complexity index is 548. The lowest BCUT2D eigenvalue weighted by Gasteiger charge is -2.33. The number of hydrogen-bond acceptors (Lipinski definition) is 7. The average Bonchev–Trinajstić information content (AvgIpc) is 2.46. The first-order valence-corrected chi connectivity index (χ1v) is 7.96.